The highest BCUT2D eigenvalue weighted by Gasteiger charge is 2.13. The van der Waals surface area contributed by atoms with Gasteiger partial charge in [0.2, 0.25) is 0 Å². The zero-order chi connectivity index (χ0) is 18.7. The molecule has 0 radical (unpaired) electrons. The van der Waals surface area contributed by atoms with Crippen LogP contribution in [0.15, 0.2) is 53.1 Å². The van der Waals surface area contributed by atoms with Crippen LogP contribution in [0.5, 0.6) is 0 Å². The van der Waals surface area contributed by atoms with Crippen molar-refractivity contribution in [1.29, 1.82) is 0 Å². The van der Waals surface area contributed by atoms with E-state index in [1.165, 1.54) is 6.07 Å². The predicted octanol–water partition coefficient (Wildman–Crippen LogP) is 4.79. The molecule has 2 N–H and O–H groups in total. The molecular formula is C18H13Cl2N3O3. The normalized spacial score (nSPS) is 10.4. The van der Waals surface area contributed by atoms with Crippen LogP contribution < -0.4 is 10.6 Å². The van der Waals surface area contributed by atoms with Gasteiger partial charge in [0.05, 0.1) is 0 Å². The lowest BCUT2D eigenvalue weighted by molar-refractivity contribution is 0.102. The van der Waals surface area contributed by atoms with Crippen molar-refractivity contribution in [2.45, 2.75) is 6.92 Å². The summed E-state index contributed by atoms with van der Waals surface area (Å²) in [6.45, 7) is 1.72. The fourth-order valence-electron chi connectivity index (χ4n) is 2.24. The Morgan fingerprint density at radius 3 is 2.12 bits per heavy atom. The van der Waals surface area contributed by atoms with E-state index in [9.17, 15) is 9.59 Å². The van der Waals surface area contributed by atoms with Gasteiger partial charge in [-0.25, -0.2) is 0 Å². The van der Waals surface area contributed by atoms with Crippen LogP contribution in [0, 0.1) is 6.92 Å². The molecule has 1 heterocycles. The molecule has 0 atom stereocenters. The summed E-state index contributed by atoms with van der Waals surface area (Å²) in [5, 5.41) is 9.80. The first kappa shape index (κ1) is 18.0. The molecule has 2 amide bonds. The van der Waals surface area contributed by atoms with Crippen molar-refractivity contribution in [3.05, 3.63) is 75.5 Å². The number of carbonyl (C=O) groups excluding carboxylic acids is 2. The summed E-state index contributed by atoms with van der Waals surface area (Å²) in [6, 6.07) is 12.6. The Hall–Kier alpha value is -2.83. The molecule has 0 bridgehead atoms. The van der Waals surface area contributed by atoms with E-state index in [1.54, 1.807) is 49.4 Å². The largest absolute Gasteiger partial charge is 0.360 e. The van der Waals surface area contributed by atoms with Gasteiger partial charge >= 0.3 is 0 Å². The highest BCUT2D eigenvalue weighted by atomic mass is 35.5. The van der Waals surface area contributed by atoms with Gasteiger partial charge < -0.3 is 15.2 Å². The van der Waals surface area contributed by atoms with Gasteiger partial charge in [-0.15, -0.1) is 0 Å². The molecule has 0 saturated heterocycles. The monoisotopic (exact) mass is 389 g/mol. The summed E-state index contributed by atoms with van der Waals surface area (Å²) in [5.41, 5.74) is 1.08. The third kappa shape index (κ3) is 4.41. The Balaban J connectivity index is 1.75. The van der Waals surface area contributed by atoms with Crippen LogP contribution in [-0.4, -0.2) is 17.0 Å². The second-order valence-electron chi connectivity index (χ2n) is 5.47. The number of nitrogens with one attached hydrogen (secondary N) is 2. The molecule has 0 fully saturated rings. The topological polar surface area (TPSA) is 84.2 Å². The van der Waals surface area contributed by atoms with Crippen molar-refractivity contribution in [2.24, 2.45) is 0 Å². The maximum absolute atomic E-state index is 12.4. The average Bonchev–Trinajstić information content (AvgIpc) is 2.99. The number of aryl methyl sites for hydroxylation is 1. The molecule has 132 valence electrons. The third-order valence-corrected chi connectivity index (χ3v) is 3.81. The van der Waals surface area contributed by atoms with Crippen LogP contribution in [0.2, 0.25) is 10.0 Å². The van der Waals surface area contributed by atoms with Crippen molar-refractivity contribution >= 4 is 46.5 Å². The second kappa shape index (κ2) is 7.59. The molecule has 6 nitrogen and oxygen atoms in total. The molecule has 0 spiro atoms. The Bertz CT molecular complexity index is 965. The lowest BCUT2D eigenvalue weighted by Crippen LogP contribution is -2.15. The van der Waals surface area contributed by atoms with Crippen LogP contribution in [0.3, 0.4) is 0 Å². The smallest absolute Gasteiger partial charge is 0.256 e. The Morgan fingerprint density at radius 2 is 1.54 bits per heavy atom. The molecule has 3 aromatic rings. The highest BCUT2D eigenvalue weighted by molar-refractivity contribution is 6.35. The number of benzene rings is 2. The summed E-state index contributed by atoms with van der Waals surface area (Å²) < 4.78 is 4.90. The standard InChI is InChI=1S/C18H13Cl2N3O3/c1-10-5-16(23-26-10)22-18(25)12-4-2-3-11(6-12)17(24)21-15-8-13(19)7-14(20)9-15/h2-9H,1H3,(H,21,24)(H,22,23,25). The van der Waals surface area contributed by atoms with Gasteiger partial charge in [0.15, 0.2) is 5.82 Å². The van der Waals surface area contributed by atoms with Gasteiger partial charge in [0.25, 0.3) is 11.8 Å². The van der Waals surface area contributed by atoms with E-state index in [1.807, 2.05) is 0 Å². The van der Waals surface area contributed by atoms with E-state index in [-0.39, 0.29) is 0 Å². The maximum Gasteiger partial charge on any atom is 0.256 e. The number of anilines is 2. The highest BCUT2D eigenvalue weighted by Crippen LogP contribution is 2.23. The van der Waals surface area contributed by atoms with Gasteiger partial charge in [-0.05, 0) is 43.3 Å². The summed E-state index contributed by atoms with van der Waals surface area (Å²) in [4.78, 5) is 24.7. The molecule has 0 aliphatic rings. The average molecular weight is 390 g/mol. The van der Waals surface area contributed by atoms with Gasteiger partial charge in [0.1, 0.15) is 5.76 Å². The van der Waals surface area contributed by atoms with E-state index in [0.717, 1.165) is 0 Å². The number of amides is 2. The summed E-state index contributed by atoms with van der Waals surface area (Å²) >= 11 is 11.8. The van der Waals surface area contributed by atoms with Crippen LogP contribution in [-0.2, 0) is 0 Å². The van der Waals surface area contributed by atoms with Crippen molar-refractivity contribution in [3.63, 3.8) is 0 Å². The minimum absolute atomic E-state index is 0.302. The first-order chi connectivity index (χ1) is 12.4. The number of hydrogen-bond acceptors (Lipinski definition) is 4. The molecule has 0 aliphatic carbocycles. The molecule has 2 aromatic carbocycles. The van der Waals surface area contributed by atoms with Crippen LogP contribution >= 0.6 is 23.2 Å². The quantitative estimate of drug-likeness (QED) is 0.671. The molecule has 1 aromatic heterocycles. The van der Waals surface area contributed by atoms with Crippen LogP contribution in [0.1, 0.15) is 26.5 Å². The fraction of sp³-hybridized carbons (Fsp3) is 0.0556. The van der Waals surface area contributed by atoms with Crippen molar-refractivity contribution < 1.29 is 14.1 Å². The van der Waals surface area contributed by atoms with E-state index in [4.69, 9.17) is 27.7 Å². The zero-order valence-electron chi connectivity index (χ0n) is 13.5. The fourth-order valence-corrected chi connectivity index (χ4v) is 2.77. The van der Waals surface area contributed by atoms with Crippen molar-refractivity contribution in [1.82, 2.24) is 5.16 Å². The molecule has 26 heavy (non-hydrogen) atoms. The van der Waals surface area contributed by atoms with E-state index >= 15 is 0 Å². The molecule has 3 rings (SSSR count). The SMILES string of the molecule is Cc1cc(NC(=O)c2cccc(C(=O)Nc3cc(Cl)cc(Cl)c3)c2)no1. The lowest BCUT2D eigenvalue weighted by atomic mass is 10.1. The number of rotatable bonds is 4. The first-order valence-corrected chi connectivity index (χ1v) is 8.28. The maximum atomic E-state index is 12.4. The van der Waals surface area contributed by atoms with Crippen LogP contribution in [0.4, 0.5) is 11.5 Å². The summed E-state index contributed by atoms with van der Waals surface area (Å²) in [7, 11) is 0. The van der Waals surface area contributed by atoms with E-state index in [2.05, 4.69) is 15.8 Å². The Morgan fingerprint density at radius 1 is 0.923 bits per heavy atom. The number of halogens is 2. The molecule has 8 heteroatoms. The Kier molecular flexibility index (Phi) is 5.25. The lowest BCUT2D eigenvalue weighted by Gasteiger charge is -2.08. The zero-order valence-corrected chi connectivity index (χ0v) is 15.1. The summed E-state index contributed by atoms with van der Waals surface area (Å²) in [6.07, 6.45) is 0. The van der Waals surface area contributed by atoms with Gasteiger partial charge in [0, 0.05) is 32.9 Å². The molecular weight excluding hydrogens is 377 g/mol. The van der Waals surface area contributed by atoms with E-state index < -0.39 is 11.8 Å². The van der Waals surface area contributed by atoms with Crippen molar-refractivity contribution in [2.75, 3.05) is 10.6 Å². The number of carbonyl (C=O) groups is 2. The second-order valence-corrected chi connectivity index (χ2v) is 6.34. The number of nitrogens with zero attached hydrogens (tertiary/aromatic N) is 1. The van der Waals surface area contributed by atoms with Gasteiger partial charge in [-0.2, -0.15) is 0 Å². The van der Waals surface area contributed by atoms with Gasteiger partial charge in [-0.1, -0.05) is 34.4 Å². The number of hydrogen-bond donors (Lipinski definition) is 2. The van der Waals surface area contributed by atoms with E-state index in [0.29, 0.717) is 38.4 Å². The molecule has 0 aliphatic heterocycles. The summed E-state index contributed by atoms with van der Waals surface area (Å²) in [5.74, 6) is 0.0820. The minimum Gasteiger partial charge on any atom is -0.360 e. The molecule has 0 unspecified atom stereocenters. The molecule has 0 saturated carbocycles. The third-order valence-electron chi connectivity index (χ3n) is 3.38. The van der Waals surface area contributed by atoms with Gasteiger partial charge in [-0.3, -0.25) is 9.59 Å². The van der Waals surface area contributed by atoms with Crippen molar-refractivity contribution in [3.8, 4) is 0 Å². The number of aromatic nitrogens is 1. The first-order valence-electron chi connectivity index (χ1n) is 7.53. The minimum atomic E-state index is -0.404. The predicted molar refractivity (Wildman–Crippen MR) is 100 cm³/mol. The van der Waals surface area contributed by atoms with Crippen LogP contribution in [0.25, 0.3) is 0 Å². The Labute approximate surface area is 159 Å².